The van der Waals surface area contributed by atoms with E-state index in [9.17, 15) is 28.8 Å². The smallest absolute Gasteiger partial charge is 0.224 e. The summed E-state index contributed by atoms with van der Waals surface area (Å²) in [5, 5.41) is 5.80. The number of rotatable bonds is 11. The Morgan fingerprint density at radius 3 is 1.15 bits per heavy atom. The number of ketones is 4. The number of unbranched alkanes of at least 4 members (excludes halogenated alkanes) is 5. The molecular formula is C40H36N2O6. The summed E-state index contributed by atoms with van der Waals surface area (Å²) < 4.78 is 0. The molecule has 2 N–H and O–H groups in total. The van der Waals surface area contributed by atoms with E-state index in [2.05, 4.69) is 10.6 Å². The van der Waals surface area contributed by atoms with Gasteiger partial charge in [0.2, 0.25) is 11.8 Å². The van der Waals surface area contributed by atoms with Crippen molar-refractivity contribution in [1.29, 1.82) is 0 Å². The normalized spacial score (nSPS) is 13.0. The molecule has 0 fully saturated rings. The van der Waals surface area contributed by atoms with Crippen LogP contribution in [0.25, 0.3) is 0 Å². The number of aryl methyl sites for hydroxylation is 2. The Morgan fingerprint density at radius 2 is 0.771 bits per heavy atom. The molecule has 242 valence electrons. The highest BCUT2D eigenvalue weighted by atomic mass is 16.2. The van der Waals surface area contributed by atoms with Crippen molar-refractivity contribution in [1.82, 2.24) is 0 Å². The summed E-state index contributed by atoms with van der Waals surface area (Å²) in [7, 11) is 0. The highest BCUT2D eigenvalue weighted by Gasteiger charge is 2.34. The van der Waals surface area contributed by atoms with Gasteiger partial charge in [0.25, 0.3) is 0 Å². The van der Waals surface area contributed by atoms with Gasteiger partial charge in [0, 0.05) is 46.2 Å². The number of anilines is 2. The molecule has 0 saturated heterocycles. The maximum atomic E-state index is 13.3. The summed E-state index contributed by atoms with van der Waals surface area (Å²) in [6, 6.07) is 20.3. The van der Waals surface area contributed by atoms with E-state index in [1.807, 2.05) is 13.8 Å². The van der Waals surface area contributed by atoms with Gasteiger partial charge < -0.3 is 10.6 Å². The lowest BCUT2D eigenvalue weighted by Crippen LogP contribution is -2.24. The van der Waals surface area contributed by atoms with Crippen LogP contribution in [-0.4, -0.2) is 34.9 Å². The van der Waals surface area contributed by atoms with Crippen LogP contribution in [0.4, 0.5) is 11.4 Å². The number of fused-ring (bicyclic) bond motifs is 4. The molecule has 8 nitrogen and oxygen atoms in total. The summed E-state index contributed by atoms with van der Waals surface area (Å²) >= 11 is 0. The number of carbonyl (C=O) groups is 6. The van der Waals surface area contributed by atoms with Crippen molar-refractivity contribution < 1.29 is 28.8 Å². The molecule has 0 radical (unpaired) electrons. The molecule has 0 bridgehead atoms. The summed E-state index contributed by atoms with van der Waals surface area (Å²) in [6.07, 6.45) is 5.40. The molecule has 2 amide bonds. The average Bonchev–Trinajstić information content (AvgIpc) is 3.09. The molecule has 6 rings (SSSR count). The van der Waals surface area contributed by atoms with Crippen LogP contribution in [0.5, 0.6) is 0 Å². The van der Waals surface area contributed by atoms with Crippen molar-refractivity contribution in [2.24, 2.45) is 0 Å². The Balaban J connectivity index is 0.946. The van der Waals surface area contributed by atoms with Crippen LogP contribution < -0.4 is 10.6 Å². The predicted octanol–water partition coefficient (Wildman–Crippen LogP) is 7.55. The van der Waals surface area contributed by atoms with Gasteiger partial charge in [0.05, 0.1) is 22.5 Å². The lowest BCUT2D eigenvalue weighted by Gasteiger charge is -2.22. The fourth-order valence-corrected chi connectivity index (χ4v) is 6.59. The Kier molecular flexibility index (Phi) is 9.26. The Hall–Kier alpha value is -5.50. The highest BCUT2D eigenvalue weighted by Crippen LogP contribution is 2.35. The largest absolute Gasteiger partial charge is 0.325 e. The third kappa shape index (κ3) is 6.13. The van der Waals surface area contributed by atoms with E-state index in [-0.39, 0.29) is 58.9 Å². The van der Waals surface area contributed by atoms with Gasteiger partial charge >= 0.3 is 0 Å². The molecule has 2 aliphatic rings. The van der Waals surface area contributed by atoms with Gasteiger partial charge in [-0.05, 0) is 49.9 Å². The number of hydrogen-bond acceptors (Lipinski definition) is 6. The lowest BCUT2D eigenvalue weighted by atomic mass is 9.82. The van der Waals surface area contributed by atoms with E-state index in [1.54, 1.807) is 72.8 Å². The van der Waals surface area contributed by atoms with E-state index in [4.69, 9.17) is 0 Å². The van der Waals surface area contributed by atoms with Crippen LogP contribution >= 0.6 is 0 Å². The summed E-state index contributed by atoms with van der Waals surface area (Å²) in [5.74, 6) is -1.38. The van der Waals surface area contributed by atoms with Gasteiger partial charge in [-0.3, -0.25) is 28.8 Å². The topological polar surface area (TPSA) is 126 Å². The maximum absolute atomic E-state index is 13.3. The van der Waals surface area contributed by atoms with Crippen LogP contribution in [-0.2, 0) is 9.59 Å². The maximum Gasteiger partial charge on any atom is 0.224 e. The van der Waals surface area contributed by atoms with E-state index < -0.39 is 0 Å². The first kappa shape index (κ1) is 32.4. The zero-order valence-corrected chi connectivity index (χ0v) is 27.0. The van der Waals surface area contributed by atoms with E-state index in [1.165, 1.54) is 0 Å². The number of nitrogens with one attached hydrogen (secondary N) is 2. The van der Waals surface area contributed by atoms with Crippen LogP contribution in [0.3, 0.4) is 0 Å². The molecule has 0 atom stereocenters. The number of hydrogen-bond donors (Lipinski definition) is 2. The number of carbonyl (C=O) groups excluding carboxylic acids is 6. The second-order valence-electron chi connectivity index (χ2n) is 12.5. The Labute approximate surface area is 278 Å². The first-order chi connectivity index (χ1) is 23.2. The Morgan fingerprint density at radius 1 is 0.438 bits per heavy atom. The highest BCUT2D eigenvalue weighted by molar-refractivity contribution is 6.31. The number of benzene rings is 4. The fraction of sp³-hybridized carbons (Fsp3) is 0.250. The molecule has 4 aromatic rings. The van der Waals surface area contributed by atoms with E-state index in [0.29, 0.717) is 57.6 Å². The zero-order valence-electron chi connectivity index (χ0n) is 27.0. The minimum Gasteiger partial charge on any atom is -0.325 e. The van der Waals surface area contributed by atoms with E-state index in [0.717, 1.165) is 36.8 Å². The molecular weight excluding hydrogens is 604 g/mol. The molecule has 2 aliphatic carbocycles. The Bertz CT molecular complexity index is 1880. The first-order valence-corrected chi connectivity index (χ1v) is 16.4. The van der Waals surface area contributed by atoms with Crippen LogP contribution in [0.1, 0.15) is 126 Å². The molecule has 4 aromatic carbocycles. The van der Waals surface area contributed by atoms with Crippen molar-refractivity contribution in [3.05, 3.63) is 128 Å². The van der Waals surface area contributed by atoms with Crippen molar-refractivity contribution >= 4 is 46.3 Å². The summed E-state index contributed by atoms with van der Waals surface area (Å²) in [5.41, 5.74) is 4.81. The molecule has 0 saturated carbocycles. The SMILES string of the molecule is Cc1ccc2c(c1NC(=O)CCCCCCCCC(=O)Nc1c(C)ccc3c1C(=O)c1ccccc1C3=O)C(=O)c1ccccc1C2=O. The fourth-order valence-electron chi connectivity index (χ4n) is 6.59. The van der Waals surface area contributed by atoms with Crippen molar-refractivity contribution in [3.63, 3.8) is 0 Å². The molecule has 48 heavy (non-hydrogen) atoms. The van der Waals surface area contributed by atoms with E-state index >= 15 is 0 Å². The van der Waals surface area contributed by atoms with Crippen molar-refractivity contribution in [2.45, 2.75) is 65.2 Å². The zero-order chi connectivity index (χ0) is 33.9. The van der Waals surface area contributed by atoms with Crippen molar-refractivity contribution in [2.75, 3.05) is 10.6 Å². The third-order valence-corrected chi connectivity index (χ3v) is 9.19. The minimum absolute atomic E-state index is 0.204. The molecule has 0 heterocycles. The minimum atomic E-state index is -0.263. The summed E-state index contributed by atoms with van der Waals surface area (Å²) in [6.45, 7) is 3.62. The average molecular weight is 641 g/mol. The van der Waals surface area contributed by atoms with Crippen LogP contribution in [0.2, 0.25) is 0 Å². The van der Waals surface area contributed by atoms with Crippen molar-refractivity contribution in [3.8, 4) is 0 Å². The van der Waals surface area contributed by atoms with Gasteiger partial charge in [0.1, 0.15) is 0 Å². The van der Waals surface area contributed by atoms with Gasteiger partial charge in [-0.2, -0.15) is 0 Å². The predicted molar refractivity (Wildman–Crippen MR) is 183 cm³/mol. The van der Waals surface area contributed by atoms with Gasteiger partial charge in [-0.1, -0.05) is 86.3 Å². The van der Waals surface area contributed by atoms with Gasteiger partial charge in [-0.15, -0.1) is 0 Å². The first-order valence-electron chi connectivity index (χ1n) is 16.4. The third-order valence-electron chi connectivity index (χ3n) is 9.19. The molecule has 8 heteroatoms. The van der Waals surface area contributed by atoms with Crippen LogP contribution in [0.15, 0.2) is 72.8 Å². The van der Waals surface area contributed by atoms with Crippen LogP contribution in [0, 0.1) is 13.8 Å². The number of amides is 2. The second kappa shape index (κ2) is 13.7. The monoisotopic (exact) mass is 640 g/mol. The molecule has 0 aliphatic heterocycles. The standard InChI is InChI=1S/C40H36N2O6/c1-23-19-21-29-33(39(47)27-15-11-9-13-25(27)37(29)45)35(23)41-31(43)17-7-5-3-4-6-8-18-32(44)42-36-24(2)20-22-30-34(36)40(48)28-16-12-10-14-26(28)38(30)46/h9-16,19-22H,3-8,17-18H2,1-2H3,(H,41,43)(H,42,44). The van der Waals surface area contributed by atoms with Gasteiger partial charge in [-0.25, -0.2) is 0 Å². The van der Waals surface area contributed by atoms with Gasteiger partial charge in [0.15, 0.2) is 23.1 Å². The second-order valence-corrected chi connectivity index (χ2v) is 12.5. The summed E-state index contributed by atoms with van der Waals surface area (Å²) in [4.78, 5) is 78.5. The lowest BCUT2D eigenvalue weighted by molar-refractivity contribution is -0.117. The molecule has 0 aromatic heterocycles. The quantitative estimate of drug-likeness (QED) is 0.141. The molecule has 0 spiro atoms. The molecule has 0 unspecified atom stereocenters.